The number of nitrogens with two attached hydrogens (primary N) is 1. The molecule has 4 N–H and O–H groups in total. The zero-order chi connectivity index (χ0) is 23.8. The lowest BCUT2D eigenvalue weighted by Gasteiger charge is -2.21. The number of nitrogens with zero attached hydrogens (tertiary/aromatic N) is 6. The van der Waals surface area contributed by atoms with Crippen LogP contribution in [-0.4, -0.2) is 51.8 Å². The van der Waals surface area contributed by atoms with Gasteiger partial charge in [0.1, 0.15) is 16.9 Å². The van der Waals surface area contributed by atoms with E-state index in [1.54, 1.807) is 25.1 Å². The van der Waals surface area contributed by atoms with Gasteiger partial charge in [-0.2, -0.15) is 4.98 Å². The lowest BCUT2D eigenvalue weighted by atomic mass is 9.93. The lowest BCUT2D eigenvalue weighted by molar-refractivity contribution is 0.0521. The van der Waals surface area contributed by atoms with Crippen LogP contribution in [0.5, 0.6) is 0 Å². The lowest BCUT2D eigenvalue weighted by Crippen LogP contribution is -2.28. The summed E-state index contributed by atoms with van der Waals surface area (Å²) in [6.07, 6.45) is 1.22. The van der Waals surface area contributed by atoms with Crippen LogP contribution in [0.15, 0.2) is 29.4 Å². The van der Waals surface area contributed by atoms with E-state index in [-0.39, 0.29) is 17.5 Å². The van der Waals surface area contributed by atoms with Crippen molar-refractivity contribution in [1.82, 2.24) is 29.1 Å². The van der Waals surface area contributed by atoms with Gasteiger partial charge in [0, 0.05) is 18.2 Å². The van der Waals surface area contributed by atoms with Gasteiger partial charge >= 0.3 is 0 Å². The maximum atomic E-state index is 13.1. The van der Waals surface area contributed by atoms with Crippen molar-refractivity contribution in [2.45, 2.75) is 63.1 Å². The molecule has 2 aliphatic carbocycles. The van der Waals surface area contributed by atoms with Crippen molar-refractivity contribution >= 4 is 22.5 Å². The van der Waals surface area contributed by atoms with Crippen LogP contribution in [0, 0.1) is 6.92 Å². The van der Waals surface area contributed by atoms with Crippen molar-refractivity contribution in [1.29, 1.82) is 0 Å². The number of halogens is 2. The van der Waals surface area contributed by atoms with Gasteiger partial charge in [0.2, 0.25) is 5.62 Å². The van der Waals surface area contributed by atoms with Gasteiger partial charge in [-0.25, -0.2) is 23.7 Å². The van der Waals surface area contributed by atoms with Gasteiger partial charge in [0.25, 0.3) is 6.43 Å². The number of imidazole rings is 1. The summed E-state index contributed by atoms with van der Waals surface area (Å²) in [7, 11) is 0. The minimum absolute atomic E-state index is 0.126. The number of alkyl halides is 2. The first-order valence-corrected chi connectivity index (χ1v) is 10.9. The van der Waals surface area contributed by atoms with Gasteiger partial charge in [0.15, 0.2) is 11.5 Å². The summed E-state index contributed by atoms with van der Waals surface area (Å²) in [4.78, 5) is 18.2. The Hall–Kier alpha value is -3.34. The van der Waals surface area contributed by atoms with Crippen LogP contribution in [0.3, 0.4) is 0 Å². The highest BCUT2D eigenvalue weighted by Gasteiger charge is 2.53. The molecule has 0 saturated heterocycles. The minimum Gasteiger partial charge on any atom is -0.390 e. The third-order valence-electron chi connectivity index (χ3n) is 6.99. The van der Waals surface area contributed by atoms with Crippen molar-refractivity contribution in [3.05, 3.63) is 35.8 Å². The van der Waals surface area contributed by atoms with Crippen LogP contribution in [0.25, 0.3) is 27.9 Å². The first kappa shape index (κ1) is 19.2. The molecule has 172 valence electrons. The summed E-state index contributed by atoms with van der Waals surface area (Å²) in [5.74, 6) is 0.626. The van der Waals surface area contributed by atoms with Crippen LogP contribution in [0.4, 0.5) is 14.6 Å². The van der Waals surface area contributed by atoms with E-state index in [1.165, 1.54) is 9.08 Å². The zero-order valence-corrected chi connectivity index (χ0v) is 18.0. The fraction of sp³-hybridized carbons (Fsp3) is 0.455. The van der Waals surface area contributed by atoms with E-state index in [0.717, 1.165) is 25.7 Å². The highest BCUT2D eigenvalue weighted by atomic mass is 19.3. The Kier molecular flexibility index (Phi) is 3.97. The number of H-pyrrole nitrogens is 1. The Morgan fingerprint density at radius 2 is 2.03 bits per heavy atom. The molecule has 0 spiro atoms. The molecule has 0 unspecified atom stereocenters. The highest BCUT2D eigenvalue weighted by molar-refractivity contribution is 5.88. The van der Waals surface area contributed by atoms with Gasteiger partial charge in [-0.1, -0.05) is 0 Å². The largest absolute Gasteiger partial charge is 0.390 e. The molecule has 2 bridgehead atoms. The minimum atomic E-state index is -2.54. The second kappa shape index (κ2) is 6.83. The van der Waals surface area contributed by atoms with Crippen LogP contribution in [-0.2, 0) is 6.54 Å². The number of fused-ring (bicyclic) bond motifs is 4. The van der Waals surface area contributed by atoms with Crippen LogP contribution in [0.1, 0.15) is 39.3 Å². The highest BCUT2D eigenvalue weighted by Crippen LogP contribution is 2.52. The first-order valence-electron chi connectivity index (χ1n) is 11.4. The maximum Gasteiger partial charge on any atom is 0.256 e. The van der Waals surface area contributed by atoms with E-state index in [9.17, 15) is 13.9 Å². The molecule has 11 heteroatoms. The zero-order valence-electron chi connectivity index (χ0n) is 19.0. The van der Waals surface area contributed by atoms with Crippen molar-refractivity contribution in [2.24, 2.45) is 4.99 Å². The Morgan fingerprint density at radius 3 is 2.73 bits per heavy atom. The van der Waals surface area contributed by atoms with Gasteiger partial charge in [-0.05, 0) is 50.8 Å². The molecule has 33 heavy (non-hydrogen) atoms. The molecule has 0 atom stereocenters. The Morgan fingerprint density at radius 1 is 1.24 bits per heavy atom. The summed E-state index contributed by atoms with van der Waals surface area (Å²) in [5.41, 5.74) is 7.98. The smallest absolute Gasteiger partial charge is 0.256 e. The molecule has 4 aromatic heterocycles. The molecule has 6 rings (SSSR count). The molecule has 0 radical (unpaired) electrons. The van der Waals surface area contributed by atoms with Gasteiger partial charge in [0.05, 0.1) is 24.7 Å². The SMILES string of the molecule is [2H]c1cc(-c2ccc3nc(C)n(CC(F)F)c3n2)c2c(N)nc(=NC34CCC(O)(CC3)C4)[nH]n12. The van der Waals surface area contributed by atoms with Crippen LogP contribution in [0.2, 0.25) is 0 Å². The first-order chi connectivity index (χ1) is 16.2. The predicted octanol–water partition coefficient (Wildman–Crippen LogP) is 2.58. The van der Waals surface area contributed by atoms with E-state index in [1.807, 2.05) is 0 Å². The molecule has 9 nitrogen and oxygen atoms in total. The average molecular weight is 455 g/mol. The Labute approximate surface area is 188 Å². The summed E-state index contributed by atoms with van der Waals surface area (Å²) in [6.45, 7) is 1.16. The summed E-state index contributed by atoms with van der Waals surface area (Å²) >= 11 is 0. The van der Waals surface area contributed by atoms with E-state index in [0.29, 0.717) is 45.8 Å². The fourth-order valence-electron chi connectivity index (χ4n) is 5.40. The molecule has 0 aromatic carbocycles. The number of aliphatic hydroxyl groups is 1. The quantitative estimate of drug-likeness (QED) is 0.437. The molecule has 2 fully saturated rings. The molecular weight excluding hydrogens is 430 g/mol. The molecular formula is C22H24F2N8O. The predicted molar refractivity (Wildman–Crippen MR) is 118 cm³/mol. The molecule has 4 aromatic rings. The van der Waals surface area contributed by atoms with Crippen molar-refractivity contribution in [2.75, 3.05) is 5.73 Å². The normalized spacial score (nSPS) is 25.7. The van der Waals surface area contributed by atoms with E-state index in [2.05, 4.69) is 20.1 Å². The van der Waals surface area contributed by atoms with Crippen molar-refractivity contribution in [3.8, 4) is 11.3 Å². The Balaban J connectivity index is 1.48. The second-order valence-corrected chi connectivity index (χ2v) is 9.24. The monoisotopic (exact) mass is 455 g/mol. The summed E-state index contributed by atoms with van der Waals surface area (Å²) in [6, 6.07) is 5.05. The Bertz CT molecular complexity index is 1510. The molecule has 0 amide bonds. The summed E-state index contributed by atoms with van der Waals surface area (Å²) < 4.78 is 37.5. The molecule has 4 heterocycles. The number of aromatic nitrogens is 6. The third kappa shape index (κ3) is 3.21. The van der Waals surface area contributed by atoms with Gasteiger partial charge in [-0.3, -0.25) is 9.61 Å². The molecule has 0 aliphatic heterocycles. The number of aromatic amines is 1. The van der Waals surface area contributed by atoms with E-state index >= 15 is 0 Å². The number of pyridine rings is 1. The third-order valence-corrected chi connectivity index (χ3v) is 6.99. The van der Waals surface area contributed by atoms with Gasteiger partial charge < -0.3 is 15.4 Å². The second-order valence-electron chi connectivity index (χ2n) is 9.24. The number of rotatable bonds is 4. The van der Waals surface area contributed by atoms with E-state index in [4.69, 9.17) is 12.1 Å². The maximum absolute atomic E-state index is 13.1. The van der Waals surface area contributed by atoms with Crippen molar-refractivity contribution in [3.63, 3.8) is 0 Å². The molecule has 2 saturated carbocycles. The van der Waals surface area contributed by atoms with Crippen molar-refractivity contribution < 1.29 is 15.3 Å². The standard InChI is InChI=1S/C22H24F2N8O/c1-12-26-15-3-2-14(27-19(15)31(12)10-16(23)24)13-4-9-32-17(13)18(25)28-20(30-32)29-21-5-7-22(33,11-21)8-6-21/h2-4,9,16,33H,5-8,10-11H2,1H3,(H3,25,28,29,30)/i9D. The van der Waals surface area contributed by atoms with E-state index < -0.39 is 18.6 Å². The average Bonchev–Trinajstić information content (AvgIpc) is 3.47. The van der Waals surface area contributed by atoms with Gasteiger partial charge in [-0.15, -0.1) is 0 Å². The van der Waals surface area contributed by atoms with Crippen LogP contribution < -0.4 is 11.4 Å². The number of hydrogen-bond acceptors (Lipinski definition) is 6. The van der Waals surface area contributed by atoms with Crippen LogP contribution >= 0.6 is 0 Å². The number of nitrogen functional groups attached to an aromatic ring is 1. The molecule has 2 aliphatic rings. The summed E-state index contributed by atoms with van der Waals surface area (Å²) in [5, 5.41) is 13.6. The topological polar surface area (TPSA) is 122 Å². The number of anilines is 1. The number of nitrogens with one attached hydrogen (secondary N) is 1. The number of hydrogen-bond donors (Lipinski definition) is 3. The fourth-order valence-corrected chi connectivity index (χ4v) is 5.40. The number of aryl methyl sites for hydroxylation is 1.